The standard InChI is InChI=1S/C20H21ClN2O2/c21-15-4-3-5-16(14-15)22-9-11-23(12-10-22)20(24)18-8-13-25-19-7-2-1-6-17(18)19/h1-7,14,18H,8-13H2. The highest BCUT2D eigenvalue weighted by Gasteiger charge is 2.32. The maximum absolute atomic E-state index is 13.0. The van der Waals surface area contributed by atoms with E-state index < -0.39 is 0 Å². The number of halogens is 1. The second-order valence-electron chi connectivity index (χ2n) is 6.52. The monoisotopic (exact) mass is 356 g/mol. The zero-order chi connectivity index (χ0) is 17.2. The molecule has 1 fully saturated rings. The minimum atomic E-state index is -0.0809. The average molecular weight is 357 g/mol. The minimum Gasteiger partial charge on any atom is -0.493 e. The van der Waals surface area contributed by atoms with Gasteiger partial charge in [-0.1, -0.05) is 35.9 Å². The molecule has 2 aliphatic heterocycles. The number of nitrogens with zero attached hydrogens (tertiary/aromatic N) is 2. The van der Waals surface area contributed by atoms with E-state index >= 15 is 0 Å². The Morgan fingerprint density at radius 1 is 1.04 bits per heavy atom. The number of carbonyl (C=O) groups excluding carboxylic acids is 1. The van der Waals surface area contributed by atoms with Gasteiger partial charge in [0.2, 0.25) is 5.91 Å². The van der Waals surface area contributed by atoms with Crippen LogP contribution in [0.5, 0.6) is 5.75 Å². The highest BCUT2D eigenvalue weighted by atomic mass is 35.5. The lowest BCUT2D eigenvalue weighted by Gasteiger charge is -2.38. The summed E-state index contributed by atoms with van der Waals surface area (Å²) in [6.45, 7) is 3.75. The Morgan fingerprint density at radius 3 is 2.64 bits per heavy atom. The Labute approximate surface area is 152 Å². The molecule has 1 saturated heterocycles. The Morgan fingerprint density at radius 2 is 1.84 bits per heavy atom. The smallest absolute Gasteiger partial charge is 0.230 e. The van der Waals surface area contributed by atoms with E-state index in [1.54, 1.807) is 0 Å². The molecule has 0 bridgehead atoms. The predicted octanol–water partition coefficient (Wildman–Crippen LogP) is 3.55. The van der Waals surface area contributed by atoms with Crippen LogP contribution < -0.4 is 9.64 Å². The van der Waals surface area contributed by atoms with Crippen LogP contribution >= 0.6 is 11.6 Å². The summed E-state index contributed by atoms with van der Waals surface area (Å²) in [5.74, 6) is 0.994. The molecule has 2 aromatic rings. The summed E-state index contributed by atoms with van der Waals surface area (Å²) in [5, 5.41) is 0.745. The first-order valence-corrected chi connectivity index (χ1v) is 9.11. The summed E-state index contributed by atoms with van der Waals surface area (Å²) in [6, 6.07) is 15.8. The van der Waals surface area contributed by atoms with E-state index in [0.717, 1.165) is 54.6 Å². The van der Waals surface area contributed by atoms with Crippen molar-refractivity contribution in [3.05, 3.63) is 59.1 Å². The fourth-order valence-electron chi connectivity index (χ4n) is 3.68. The molecule has 0 spiro atoms. The second-order valence-corrected chi connectivity index (χ2v) is 6.96. The molecule has 4 rings (SSSR count). The van der Waals surface area contributed by atoms with Gasteiger partial charge in [-0.25, -0.2) is 0 Å². The van der Waals surface area contributed by atoms with Gasteiger partial charge in [-0.15, -0.1) is 0 Å². The number of amides is 1. The van der Waals surface area contributed by atoms with Crippen molar-refractivity contribution in [1.29, 1.82) is 0 Å². The number of ether oxygens (including phenoxy) is 1. The number of fused-ring (bicyclic) bond motifs is 1. The van der Waals surface area contributed by atoms with E-state index in [0.29, 0.717) is 6.61 Å². The van der Waals surface area contributed by atoms with Gasteiger partial charge in [-0.3, -0.25) is 4.79 Å². The van der Waals surface area contributed by atoms with Crippen LogP contribution in [0.1, 0.15) is 17.9 Å². The molecule has 0 N–H and O–H groups in total. The summed E-state index contributed by atoms with van der Waals surface area (Å²) in [6.07, 6.45) is 0.754. The number of benzene rings is 2. The first-order valence-electron chi connectivity index (χ1n) is 8.73. The average Bonchev–Trinajstić information content (AvgIpc) is 2.67. The number of piperazine rings is 1. The summed E-state index contributed by atoms with van der Waals surface area (Å²) in [4.78, 5) is 17.3. The van der Waals surface area contributed by atoms with Crippen molar-refractivity contribution in [3.63, 3.8) is 0 Å². The predicted molar refractivity (Wildman–Crippen MR) is 99.5 cm³/mol. The van der Waals surface area contributed by atoms with Gasteiger partial charge >= 0.3 is 0 Å². The van der Waals surface area contributed by atoms with Crippen LogP contribution in [-0.4, -0.2) is 43.6 Å². The number of rotatable bonds is 2. The summed E-state index contributed by atoms with van der Waals surface area (Å²) in [5.41, 5.74) is 2.15. The fraction of sp³-hybridized carbons (Fsp3) is 0.350. The number of para-hydroxylation sites is 1. The lowest BCUT2D eigenvalue weighted by atomic mass is 9.91. The van der Waals surface area contributed by atoms with E-state index in [4.69, 9.17) is 16.3 Å². The van der Waals surface area contributed by atoms with Crippen LogP contribution in [-0.2, 0) is 4.79 Å². The van der Waals surface area contributed by atoms with Gasteiger partial charge in [-0.05, 0) is 30.7 Å². The lowest BCUT2D eigenvalue weighted by molar-refractivity contribution is -0.133. The number of carbonyl (C=O) groups is 1. The van der Waals surface area contributed by atoms with Crippen LogP contribution in [0.4, 0.5) is 5.69 Å². The zero-order valence-corrected chi connectivity index (χ0v) is 14.8. The van der Waals surface area contributed by atoms with E-state index in [1.807, 2.05) is 47.4 Å². The van der Waals surface area contributed by atoms with Crippen LogP contribution in [0.3, 0.4) is 0 Å². The Hall–Kier alpha value is -2.20. The molecule has 130 valence electrons. The molecule has 1 unspecified atom stereocenters. The molecule has 0 aromatic heterocycles. The Kier molecular flexibility index (Phi) is 4.53. The molecule has 1 atom stereocenters. The van der Waals surface area contributed by atoms with Crippen molar-refractivity contribution in [1.82, 2.24) is 4.90 Å². The summed E-state index contributed by atoms with van der Waals surface area (Å²) < 4.78 is 5.69. The molecule has 0 radical (unpaired) electrons. The number of hydrogen-bond acceptors (Lipinski definition) is 3. The van der Waals surface area contributed by atoms with Crippen molar-refractivity contribution in [3.8, 4) is 5.75 Å². The van der Waals surface area contributed by atoms with E-state index in [1.165, 1.54) is 0 Å². The molecule has 1 amide bonds. The topological polar surface area (TPSA) is 32.8 Å². The first kappa shape index (κ1) is 16.3. The van der Waals surface area contributed by atoms with Crippen LogP contribution in [0.15, 0.2) is 48.5 Å². The van der Waals surface area contributed by atoms with E-state index in [9.17, 15) is 4.79 Å². The third kappa shape index (κ3) is 3.31. The van der Waals surface area contributed by atoms with Crippen molar-refractivity contribution >= 4 is 23.2 Å². The molecule has 0 aliphatic carbocycles. The highest BCUT2D eigenvalue weighted by molar-refractivity contribution is 6.30. The SMILES string of the molecule is O=C(C1CCOc2ccccc21)N1CCN(c2cccc(Cl)c2)CC1. The quantitative estimate of drug-likeness (QED) is 0.825. The van der Waals surface area contributed by atoms with Crippen molar-refractivity contribution in [2.75, 3.05) is 37.7 Å². The number of hydrogen-bond donors (Lipinski definition) is 0. The van der Waals surface area contributed by atoms with Gasteiger partial charge in [0, 0.05) is 42.5 Å². The molecule has 4 nitrogen and oxygen atoms in total. The van der Waals surface area contributed by atoms with Gasteiger partial charge in [-0.2, -0.15) is 0 Å². The van der Waals surface area contributed by atoms with Crippen LogP contribution in [0.25, 0.3) is 0 Å². The normalized spacial score (nSPS) is 20.0. The second kappa shape index (κ2) is 6.96. The maximum Gasteiger partial charge on any atom is 0.230 e. The third-order valence-electron chi connectivity index (χ3n) is 5.02. The fourth-order valence-corrected chi connectivity index (χ4v) is 3.86. The van der Waals surface area contributed by atoms with Crippen LogP contribution in [0.2, 0.25) is 5.02 Å². The largest absolute Gasteiger partial charge is 0.493 e. The third-order valence-corrected chi connectivity index (χ3v) is 5.26. The Bertz CT molecular complexity index is 772. The number of anilines is 1. The molecule has 25 heavy (non-hydrogen) atoms. The van der Waals surface area contributed by atoms with Gasteiger partial charge < -0.3 is 14.5 Å². The van der Waals surface area contributed by atoms with Crippen molar-refractivity contribution in [2.45, 2.75) is 12.3 Å². The van der Waals surface area contributed by atoms with E-state index in [-0.39, 0.29) is 11.8 Å². The molecular formula is C20H21ClN2O2. The molecule has 5 heteroatoms. The Balaban J connectivity index is 1.44. The maximum atomic E-state index is 13.0. The van der Waals surface area contributed by atoms with Gasteiger partial charge in [0.15, 0.2) is 0 Å². The first-order chi connectivity index (χ1) is 12.2. The molecule has 2 heterocycles. The van der Waals surface area contributed by atoms with Crippen molar-refractivity contribution < 1.29 is 9.53 Å². The van der Waals surface area contributed by atoms with Crippen molar-refractivity contribution in [2.24, 2.45) is 0 Å². The summed E-state index contributed by atoms with van der Waals surface area (Å²) >= 11 is 6.09. The lowest BCUT2D eigenvalue weighted by Crippen LogP contribution is -2.50. The molecular weight excluding hydrogens is 336 g/mol. The van der Waals surface area contributed by atoms with Crippen LogP contribution in [0, 0.1) is 0 Å². The van der Waals surface area contributed by atoms with Gasteiger partial charge in [0.25, 0.3) is 0 Å². The van der Waals surface area contributed by atoms with Gasteiger partial charge in [0.1, 0.15) is 5.75 Å². The molecule has 2 aliphatic rings. The van der Waals surface area contributed by atoms with E-state index in [2.05, 4.69) is 11.0 Å². The molecule has 2 aromatic carbocycles. The molecule has 0 saturated carbocycles. The summed E-state index contributed by atoms with van der Waals surface area (Å²) in [7, 11) is 0. The van der Waals surface area contributed by atoms with Gasteiger partial charge in [0.05, 0.1) is 12.5 Å². The minimum absolute atomic E-state index is 0.0809. The highest BCUT2D eigenvalue weighted by Crippen LogP contribution is 2.35. The zero-order valence-electron chi connectivity index (χ0n) is 14.0.